The third kappa shape index (κ3) is 3.62. The van der Waals surface area contributed by atoms with E-state index in [1.165, 1.54) is 7.11 Å². The molecule has 0 radical (unpaired) electrons. The Morgan fingerprint density at radius 1 is 1.36 bits per heavy atom. The van der Waals surface area contributed by atoms with E-state index in [9.17, 15) is 4.79 Å². The molecule has 0 aromatic heterocycles. The number of ether oxygens (including phenoxy) is 3. The van der Waals surface area contributed by atoms with E-state index in [1.807, 2.05) is 18.2 Å². The van der Waals surface area contributed by atoms with E-state index in [1.54, 1.807) is 14.2 Å². The summed E-state index contributed by atoms with van der Waals surface area (Å²) >= 11 is 0. The Labute approximate surface area is 131 Å². The van der Waals surface area contributed by atoms with E-state index < -0.39 is 6.04 Å². The molecular formula is C16H24N2O4. The Balaban J connectivity index is 2.05. The zero-order chi connectivity index (χ0) is 16.1. The maximum Gasteiger partial charge on any atom is 0.322 e. The number of methoxy groups -OCH3 is 3. The summed E-state index contributed by atoms with van der Waals surface area (Å²) in [5.74, 6) is 1.63. The number of benzene rings is 1. The quantitative estimate of drug-likeness (QED) is 0.801. The van der Waals surface area contributed by atoms with E-state index in [2.05, 4.69) is 9.64 Å². The molecule has 1 fully saturated rings. The summed E-state index contributed by atoms with van der Waals surface area (Å²) in [5.41, 5.74) is 6.87. The minimum absolute atomic E-state index is 0.350. The van der Waals surface area contributed by atoms with Gasteiger partial charge in [0, 0.05) is 19.2 Å². The van der Waals surface area contributed by atoms with Crippen LogP contribution in [0.25, 0.3) is 0 Å². The second-order valence-electron chi connectivity index (χ2n) is 5.50. The zero-order valence-electron chi connectivity index (χ0n) is 13.4. The molecule has 2 unspecified atom stereocenters. The fourth-order valence-electron chi connectivity index (χ4n) is 2.89. The van der Waals surface area contributed by atoms with Gasteiger partial charge in [-0.15, -0.1) is 0 Å². The SMILES string of the molecule is COC(=O)C(N)CC1CCN(c2cc(OC)ccc2OC)C1. The highest BCUT2D eigenvalue weighted by molar-refractivity contribution is 5.75. The molecule has 1 aromatic carbocycles. The molecule has 0 saturated carbocycles. The van der Waals surface area contributed by atoms with Gasteiger partial charge >= 0.3 is 5.97 Å². The van der Waals surface area contributed by atoms with Crippen molar-refractivity contribution >= 4 is 11.7 Å². The average molecular weight is 308 g/mol. The molecule has 0 amide bonds. The number of nitrogens with zero attached hydrogens (tertiary/aromatic N) is 1. The van der Waals surface area contributed by atoms with Crippen LogP contribution in [-0.2, 0) is 9.53 Å². The lowest BCUT2D eigenvalue weighted by atomic mass is 10.00. The standard InChI is InChI=1S/C16H24N2O4/c1-20-12-4-5-15(21-2)14(9-12)18-7-6-11(10-18)8-13(17)16(19)22-3/h4-5,9,11,13H,6-8,10,17H2,1-3H3. The maximum absolute atomic E-state index is 11.4. The topological polar surface area (TPSA) is 74.0 Å². The van der Waals surface area contributed by atoms with Gasteiger partial charge in [0.1, 0.15) is 17.5 Å². The van der Waals surface area contributed by atoms with Crippen molar-refractivity contribution in [2.45, 2.75) is 18.9 Å². The number of nitrogens with two attached hydrogens (primary N) is 1. The molecule has 6 nitrogen and oxygen atoms in total. The Bertz CT molecular complexity index is 521. The molecule has 0 bridgehead atoms. The molecule has 6 heteroatoms. The lowest BCUT2D eigenvalue weighted by Gasteiger charge is -2.22. The highest BCUT2D eigenvalue weighted by Gasteiger charge is 2.28. The van der Waals surface area contributed by atoms with Crippen molar-refractivity contribution in [1.82, 2.24) is 0 Å². The summed E-state index contributed by atoms with van der Waals surface area (Å²) in [6, 6.07) is 5.20. The lowest BCUT2D eigenvalue weighted by Crippen LogP contribution is -2.34. The van der Waals surface area contributed by atoms with Crippen molar-refractivity contribution in [3.05, 3.63) is 18.2 Å². The van der Waals surface area contributed by atoms with Crippen molar-refractivity contribution in [2.75, 3.05) is 39.3 Å². The van der Waals surface area contributed by atoms with Gasteiger partial charge in [0.2, 0.25) is 0 Å². The number of carbonyl (C=O) groups is 1. The van der Waals surface area contributed by atoms with Gasteiger partial charge in [-0.2, -0.15) is 0 Å². The zero-order valence-corrected chi connectivity index (χ0v) is 13.4. The van der Waals surface area contributed by atoms with E-state index >= 15 is 0 Å². The Morgan fingerprint density at radius 2 is 2.14 bits per heavy atom. The highest BCUT2D eigenvalue weighted by Crippen LogP contribution is 2.36. The third-order valence-electron chi connectivity index (χ3n) is 4.10. The van der Waals surface area contributed by atoms with Crippen LogP contribution in [-0.4, -0.2) is 46.4 Å². The molecule has 122 valence electrons. The molecule has 0 spiro atoms. The number of carbonyl (C=O) groups excluding carboxylic acids is 1. The molecule has 0 aliphatic carbocycles. The van der Waals surface area contributed by atoms with Gasteiger partial charge in [-0.1, -0.05) is 0 Å². The largest absolute Gasteiger partial charge is 0.497 e. The molecular weight excluding hydrogens is 284 g/mol. The van der Waals surface area contributed by atoms with E-state index in [0.29, 0.717) is 12.3 Å². The van der Waals surface area contributed by atoms with Gasteiger partial charge in [-0.3, -0.25) is 4.79 Å². The molecule has 1 aliphatic heterocycles. The summed E-state index contributed by atoms with van der Waals surface area (Å²) in [4.78, 5) is 13.7. The second kappa shape index (κ2) is 7.35. The van der Waals surface area contributed by atoms with Crippen LogP contribution in [0.2, 0.25) is 0 Å². The Kier molecular flexibility index (Phi) is 5.49. The monoisotopic (exact) mass is 308 g/mol. The van der Waals surface area contributed by atoms with Crippen molar-refractivity contribution in [2.24, 2.45) is 11.7 Å². The third-order valence-corrected chi connectivity index (χ3v) is 4.10. The van der Waals surface area contributed by atoms with Crippen molar-refractivity contribution in [3.8, 4) is 11.5 Å². The molecule has 1 aliphatic rings. The average Bonchev–Trinajstić information content (AvgIpc) is 3.01. The minimum atomic E-state index is -0.554. The van der Waals surface area contributed by atoms with Gasteiger partial charge in [0.05, 0.1) is 27.0 Å². The van der Waals surface area contributed by atoms with Crippen molar-refractivity contribution in [3.63, 3.8) is 0 Å². The molecule has 2 N–H and O–H groups in total. The summed E-state index contributed by atoms with van der Waals surface area (Å²) in [6.45, 7) is 1.75. The molecule has 1 heterocycles. The lowest BCUT2D eigenvalue weighted by molar-refractivity contribution is -0.142. The number of rotatable bonds is 6. The smallest absolute Gasteiger partial charge is 0.322 e. The van der Waals surface area contributed by atoms with Gasteiger partial charge in [-0.05, 0) is 30.9 Å². The van der Waals surface area contributed by atoms with Gasteiger partial charge < -0.3 is 24.8 Å². The first-order valence-electron chi connectivity index (χ1n) is 7.39. The molecule has 22 heavy (non-hydrogen) atoms. The van der Waals surface area contributed by atoms with Crippen LogP contribution in [0, 0.1) is 5.92 Å². The predicted octanol–water partition coefficient (Wildman–Crippen LogP) is 1.42. The summed E-state index contributed by atoms with van der Waals surface area (Å²) < 4.78 is 15.4. The van der Waals surface area contributed by atoms with Crippen LogP contribution in [0.3, 0.4) is 0 Å². The second-order valence-corrected chi connectivity index (χ2v) is 5.50. The first-order chi connectivity index (χ1) is 10.6. The fourth-order valence-corrected chi connectivity index (χ4v) is 2.89. The van der Waals surface area contributed by atoms with Crippen LogP contribution < -0.4 is 20.1 Å². The minimum Gasteiger partial charge on any atom is -0.497 e. The highest BCUT2D eigenvalue weighted by atomic mass is 16.5. The van der Waals surface area contributed by atoms with Gasteiger partial charge in [0.15, 0.2) is 0 Å². The van der Waals surface area contributed by atoms with Gasteiger partial charge in [0.25, 0.3) is 0 Å². The fraction of sp³-hybridized carbons (Fsp3) is 0.562. The normalized spacial score (nSPS) is 18.9. The van der Waals surface area contributed by atoms with Crippen LogP contribution in [0.4, 0.5) is 5.69 Å². The van der Waals surface area contributed by atoms with E-state index in [0.717, 1.165) is 36.7 Å². The Morgan fingerprint density at radius 3 is 2.77 bits per heavy atom. The molecule has 1 saturated heterocycles. The summed E-state index contributed by atoms with van der Waals surface area (Å²) in [5, 5.41) is 0. The van der Waals surface area contributed by atoms with Crippen LogP contribution in [0.1, 0.15) is 12.8 Å². The van der Waals surface area contributed by atoms with Crippen LogP contribution >= 0.6 is 0 Å². The van der Waals surface area contributed by atoms with E-state index in [4.69, 9.17) is 15.2 Å². The maximum atomic E-state index is 11.4. The van der Waals surface area contributed by atoms with Crippen LogP contribution in [0.15, 0.2) is 18.2 Å². The van der Waals surface area contributed by atoms with Gasteiger partial charge in [-0.25, -0.2) is 0 Å². The van der Waals surface area contributed by atoms with Crippen LogP contribution in [0.5, 0.6) is 11.5 Å². The Hall–Kier alpha value is -1.95. The van der Waals surface area contributed by atoms with Crippen molar-refractivity contribution < 1.29 is 19.0 Å². The predicted molar refractivity (Wildman–Crippen MR) is 84.5 cm³/mol. The molecule has 2 atom stereocenters. The number of hydrogen-bond donors (Lipinski definition) is 1. The number of hydrogen-bond acceptors (Lipinski definition) is 6. The molecule has 2 rings (SSSR count). The summed E-state index contributed by atoms with van der Waals surface area (Å²) in [7, 11) is 4.67. The first-order valence-corrected chi connectivity index (χ1v) is 7.39. The van der Waals surface area contributed by atoms with E-state index in [-0.39, 0.29) is 5.97 Å². The molecule has 1 aromatic rings. The first kappa shape index (κ1) is 16.4. The number of anilines is 1. The summed E-state index contributed by atoms with van der Waals surface area (Å²) in [6.07, 6.45) is 1.63. The van der Waals surface area contributed by atoms with Crippen molar-refractivity contribution in [1.29, 1.82) is 0 Å². The number of esters is 1.